The third-order valence-electron chi connectivity index (χ3n) is 4.16. The lowest BCUT2D eigenvalue weighted by Gasteiger charge is -2.11. The van der Waals surface area contributed by atoms with Crippen LogP contribution in [0.3, 0.4) is 0 Å². The Hall–Kier alpha value is -2.88. The van der Waals surface area contributed by atoms with Gasteiger partial charge in [0.25, 0.3) is 0 Å². The van der Waals surface area contributed by atoms with Crippen LogP contribution in [0.2, 0.25) is 0 Å². The quantitative estimate of drug-likeness (QED) is 0.514. The van der Waals surface area contributed by atoms with Gasteiger partial charge in [-0.15, -0.1) is 0 Å². The zero-order chi connectivity index (χ0) is 18.0. The highest BCUT2D eigenvalue weighted by molar-refractivity contribution is 5.85. The summed E-state index contributed by atoms with van der Waals surface area (Å²) in [5.74, 6) is 0.735. The van der Waals surface area contributed by atoms with Gasteiger partial charge in [0.2, 0.25) is 5.43 Å². The number of fused-ring (bicyclic) bond motifs is 1. The molecule has 3 rings (SSSR count). The van der Waals surface area contributed by atoms with Crippen LogP contribution in [0.1, 0.15) is 31.6 Å². The molecule has 0 saturated carbocycles. The lowest BCUT2D eigenvalue weighted by molar-refractivity contribution is -0.134. The molecule has 0 spiro atoms. The molecule has 0 radical (unpaired) electrons. The van der Waals surface area contributed by atoms with Gasteiger partial charge in [-0.25, -0.2) is 0 Å². The van der Waals surface area contributed by atoms with Crippen LogP contribution in [-0.4, -0.2) is 5.97 Å². The second-order valence-corrected chi connectivity index (χ2v) is 5.89. The number of esters is 1. The summed E-state index contributed by atoms with van der Waals surface area (Å²) in [6.07, 6.45) is 0.877. The van der Waals surface area contributed by atoms with Gasteiger partial charge in [0, 0.05) is 18.9 Å². The Kier molecular flexibility index (Phi) is 4.70. The fraction of sp³-hybridized carbons (Fsp3) is 0.238. The third kappa shape index (κ3) is 3.20. The van der Waals surface area contributed by atoms with Gasteiger partial charge in [0.05, 0.1) is 10.9 Å². The van der Waals surface area contributed by atoms with Crippen molar-refractivity contribution in [3.63, 3.8) is 0 Å². The zero-order valence-corrected chi connectivity index (χ0v) is 14.6. The van der Waals surface area contributed by atoms with Crippen molar-refractivity contribution in [2.75, 3.05) is 0 Å². The summed E-state index contributed by atoms with van der Waals surface area (Å²) in [6.45, 7) is 5.50. The van der Waals surface area contributed by atoms with E-state index in [0.29, 0.717) is 34.5 Å². The fourth-order valence-electron chi connectivity index (χ4n) is 2.83. The second kappa shape index (κ2) is 6.93. The van der Waals surface area contributed by atoms with Gasteiger partial charge in [0.15, 0.2) is 0 Å². The van der Waals surface area contributed by atoms with E-state index in [9.17, 15) is 9.59 Å². The van der Waals surface area contributed by atoms with Crippen molar-refractivity contribution in [3.8, 4) is 16.9 Å². The Balaban J connectivity index is 2.25. The summed E-state index contributed by atoms with van der Waals surface area (Å²) >= 11 is 0. The molecule has 0 bridgehead atoms. The Bertz CT molecular complexity index is 984. The molecule has 128 valence electrons. The van der Waals surface area contributed by atoms with Crippen molar-refractivity contribution in [2.24, 2.45) is 0 Å². The molecular weight excluding hydrogens is 316 g/mol. The number of benzene rings is 2. The van der Waals surface area contributed by atoms with Gasteiger partial charge in [-0.1, -0.05) is 44.2 Å². The zero-order valence-electron chi connectivity index (χ0n) is 14.6. The van der Waals surface area contributed by atoms with Crippen molar-refractivity contribution in [1.82, 2.24) is 0 Å². The van der Waals surface area contributed by atoms with Crippen LogP contribution in [0, 0.1) is 6.92 Å². The van der Waals surface area contributed by atoms with Crippen molar-refractivity contribution in [2.45, 2.75) is 33.6 Å². The highest BCUT2D eigenvalue weighted by Gasteiger charge is 2.17. The van der Waals surface area contributed by atoms with Crippen molar-refractivity contribution >= 4 is 16.9 Å². The van der Waals surface area contributed by atoms with E-state index in [4.69, 9.17) is 9.15 Å². The number of ether oxygens (including phenoxy) is 1. The molecule has 1 aromatic heterocycles. The molecule has 0 fully saturated rings. The maximum atomic E-state index is 13.1. The molecule has 0 unspecified atom stereocenters. The predicted octanol–water partition coefficient (Wildman–Crippen LogP) is 4.65. The summed E-state index contributed by atoms with van der Waals surface area (Å²) in [5.41, 5.74) is 2.53. The summed E-state index contributed by atoms with van der Waals surface area (Å²) in [6, 6.07) is 12.9. The molecule has 0 N–H and O–H groups in total. The van der Waals surface area contributed by atoms with E-state index in [-0.39, 0.29) is 17.8 Å². The van der Waals surface area contributed by atoms with Gasteiger partial charge < -0.3 is 9.15 Å². The normalized spacial score (nSPS) is 10.8. The minimum absolute atomic E-state index is 0.0687. The second-order valence-electron chi connectivity index (χ2n) is 5.89. The molecule has 0 atom stereocenters. The average molecular weight is 336 g/mol. The molecule has 25 heavy (non-hydrogen) atoms. The Morgan fingerprint density at radius 1 is 1.12 bits per heavy atom. The van der Waals surface area contributed by atoms with E-state index < -0.39 is 0 Å². The average Bonchev–Trinajstić information content (AvgIpc) is 2.63. The van der Waals surface area contributed by atoms with Crippen molar-refractivity contribution < 1.29 is 13.9 Å². The molecule has 1 heterocycles. The SMILES string of the molecule is CCC(=O)Oc1cc2oc(CC)c(-c3ccccc3)c(=O)c2cc1C. The van der Waals surface area contributed by atoms with Crippen LogP contribution in [-0.2, 0) is 11.2 Å². The van der Waals surface area contributed by atoms with Crippen molar-refractivity contribution in [1.29, 1.82) is 0 Å². The number of carbonyl (C=O) groups excluding carboxylic acids is 1. The first kappa shape index (κ1) is 17.0. The number of aryl methyl sites for hydroxylation is 2. The highest BCUT2D eigenvalue weighted by atomic mass is 16.5. The fourth-order valence-corrected chi connectivity index (χ4v) is 2.83. The van der Waals surface area contributed by atoms with Crippen LogP contribution in [0.4, 0.5) is 0 Å². The largest absolute Gasteiger partial charge is 0.460 e. The van der Waals surface area contributed by atoms with Gasteiger partial charge in [-0.2, -0.15) is 0 Å². The molecular formula is C21H20O4. The molecule has 4 nitrogen and oxygen atoms in total. The van der Waals surface area contributed by atoms with Gasteiger partial charge >= 0.3 is 5.97 Å². The number of rotatable bonds is 4. The molecule has 2 aromatic carbocycles. The number of hydrogen-bond donors (Lipinski definition) is 0. The van der Waals surface area contributed by atoms with Gasteiger partial charge in [-0.05, 0) is 24.1 Å². The number of hydrogen-bond acceptors (Lipinski definition) is 4. The van der Waals surface area contributed by atoms with Crippen LogP contribution in [0.25, 0.3) is 22.1 Å². The van der Waals surface area contributed by atoms with E-state index in [1.165, 1.54) is 0 Å². The maximum Gasteiger partial charge on any atom is 0.310 e. The molecule has 0 aliphatic rings. The molecule has 4 heteroatoms. The van der Waals surface area contributed by atoms with Crippen LogP contribution in [0.5, 0.6) is 5.75 Å². The Morgan fingerprint density at radius 2 is 1.84 bits per heavy atom. The Morgan fingerprint density at radius 3 is 2.48 bits per heavy atom. The monoisotopic (exact) mass is 336 g/mol. The first-order valence-electron chi connectivity index (χ1n) is 8.41. The molecule has 3 aromatic rings. The first-order valence-corrected chi connectivity index (χ1v) is 8.41. The molecule has 0 aliphatic heterocycles. The minimum atomic E-state index is -0.318. The molecule has 0 aliphatic carbocycles. The first-order chi connectivity index (χ1) is 12.0. The summed E-state index contributed by atoms with van der Waals surface area (Å²) in [4.78, 5) is 24.7. The topological polar surface area (TPSA) is 56.5 Å². The smallest absolute Gasteiger partial charge is 0.310 e. The predicted molar refractivity (Wildman–Crippen MR) is 98.0 cm³/mol. The summed E-state index contributed by atoms with van der Waals surface area (Å²) < 4.78 is 11.3. The van der Waals surface area contributed by atoms with Gasteiger partial charge in [0.1, 0.15) is 17.1 Å². The summed E-state index contributed by atoms with van der Waals surface area (Å²) in [7, 11) is 0. The van der Waals surface area contributed by atoms with E-state index >= 15 is 0 Å². The maximum absolute atomic E-state index is 13.1. The summed E-state index contributed by atoms with van der Waals surface area (Å²) in [5, 5.41) is 0.491. The lowest BCUT2D eigenvalue weighted by Crippen LogP contribution is -2.11. The number of carbonyl (C=O) groups is 1. The van der Waals surface area contributed by atoms with Crippen LogP contribution >= 0.6 is 0 Å². The Labute approximate surface area is 146 Å². The van der Waals surface area contributed by atoms with Crippen LogP contribution in [0.15, 0.2) is 51.7 Å². The van der Waals surface area contributed by atoms with E-state index in [2.05, 4.69) is 0 Å². The highest BCUT2D eigenvalue weighted by Crippen LogP contribution is 2.29. The third-order valence-corrected chi connectivity index (χ3v) is 4.16. The van der Waals surface area contributed by atoms with Gasteiger partial charge in [-0.3, -0.25) is 9.59 Å². The lowest BCUT2D eigenvalue weighted by atomic mass is 10.0. The van der Waals surface area contributed by atoms with Crippen molar-refractivity contribution in [3.05, 3.63) is 64.0 Å². The van der Waals surface area contributed by atoms with Crippen LogP contribution < -0.4 is 10.2 Å². The van der Waals surface area contributed by atoms with E-state index in [0.717, 1.165) is 11.1 Å². The van der Waals surface area contributed by atoms with E-state index in [1.54, 1.807) is 19.1 Å². The molecule has 0 saturated heterocycles. The minimum Gasteiger partial charge on any atom is -0.460 e. The van der Waals surface area contributed by atoms with E-state index in [1.807, 2.05) is 44.2 Å². The molecule has 0 amide bonds. The standard InChI is InChI=1S/C21H20O4/c1-4-16-20(14-9-7-6-8-10-14)21(23)15-11-13(3)17(12-18(15)24-16)25-19(22)5-2/h6-12H,4-5H2,1-3H3.